The van der Waals surface area contributed by atoms with Crippen LogP contribution in [0.3, 0.4) is 0 Å². The fraction of sp³-hybridized carbons (Fsp3) is 0.471. The zero-order chi connectivity index (χ0) is 17.1. The quantitative estimate of drug-likeness (QED) is 0.800. The minimum absolute atomic E-state index is 0.00807. The lowest BCUT2D eigenvalue weighted by Crippen LogP contribution is -2.34. The molecule has 3 rings (SSSR count). The van der Waals surface area contributed by atoms with Crippen molar-refractivity contribution in [2.45, 2.75) is 45.3 Å². The zero-order valence-electron chi connectivity index (χ0n) is 13.7. The first-order valence-electron chi connectivity index (χ1n) is 8.19. The maximum absolute atomic E-state index is 12.4. The zero-order valence-corrected chi connectivity index (χ0v) is 15.3. The number of halogens is 1. The van der Waals surface area contributed by atoms with Crippen LogP contribution in [0.2, 0.25) is 0 Å². The molecule has 0 N–H and O–H groups in total. The second-order valence-corrected chi connectivity index (χ2v) is 7.11. The third-order valence-electron chi connectivity index (χ3n) is 4.33. The van der Waals surface area contributed by atoms with Crippen molar-refractivity contribution < 1.29 is 4.79 Å². The van der Waals surface area contributed by atoms with Crippen molar-refractivity contribution in [3.63, 3.8) is 0 Å². The molecule has 2 aromatic rings. The molecule has 128 valence electrons. The number of aromatic nitrogens is 3. The lowest BCUT2D eigenvalue weighted by molar-refractivity contribution is -0.131. The van der Waals surface area contributed by atoms with E-state index < -0.39 is 0 Å². The van der Waals surface area contributed by atoms with Crippen LogP contribution in [0.15, 0.2) is 33.5 Å². The Morgan fingerprint density at radius 1 is 1.25 bits per heavy atom. The molecule has 1 aromatic carbocycles. The van der Waals surface area contributed by atoms with Crippen LogP contribution in [-0.2, 0) is 30.8 Å². The Labute approximate surface area is 149 Å². The summed E-state index contributed by atoms with van der Waals surface area (Å²) >= 11 is 3.40. The minimum Gasteiger partial charge on any atom is -0.340 e. The Morgan fingerprint density at radius 2 is 2.00 bits per heavy atom. The SMILES string of the molecule is CN(Cc1ccc(Br)cc1)C(=O)Cn1nc2n(c1=O)CCCCC2. The predicted octanol–water partition coefficient (Wildman–Crippen LogP) is 2.19. The minimum atomic E-state index is -0.169. The number of carbonyl (C=O) groups excluding carboxylic acids is 1. The van der Waals surface area contributed by atoms with E-state index in [4.69, 9.17) is 0 Å². The molecule has 0 radical (unpaired) electrons. The maximum atomic E-state index is 12.4. The van der Waals surface area contributed by atoms with E-state index in [-0.39, 0.29) is 18.1 Å². The molecule has 7 heteroatoms. The fourth-order valence-electron chi connectivity index (χ4n) is 2.93. The Bertz CT molecular complexity index is 779. The number of rotatable bonds is 4. The Balaban J connectivity index is 1.68. The highest BCUT2D eigenvalue weighted by molar-refractivity contribution is 9.10. The molecule has 0 unspecified atom stereocenters. The Hall–Kier alpha value is -1.89. The van der Waals surface area contributed by atoms with Gasteiger partial charge in [-0.25, -0.2) is 9.48 Å². The molecule has 0 atom stereocenters. The van der Waals surface area contributed by atoms with E-state index in [2.05, 4.69) is 21.0 Å². The summed E-state index contributed by atoms with van der Waals surface area (Å²) in [5.41, 5.74) is 0.874. The van der Waals surface area contributed by atoms with Gasteiger partial charge in [-0.15, -0.1) is 0 Å². The summed E-state index contributed by atoms with van der Waals surface area (Å²) in [4.78, 5) is 26.5. The number of benzene rings is 1. The van der Waals surface area contributed by atoms with Crippen molar-refractivity contribution in [1.29, 1.82) is 0 Å². The summed E-state index contributed by atoms with van der Waals surface area (Å²) in [6.07, 6.45) is 3.98. The second kappa shape index (κ2) is 7.34. The number of hydrogen-bond acceptors (Lipinski definition) is 3. The van der Waals surface area contributed by atoms with E-state index in [1.807, 2.05) is 24.3 Å². The summed E-state index contributed by atoms with van der Waals surface area (Å²) in [5.74, 6) is 0.689. The summed E-state index contributed by atoms with van der Waals surface area (Å²) in [6, 6.07) is 7.84. The largest absolute Gasteiger partial charge is 0.346 e. The molecule has 0 saturated carbocycles. The van der Waals surface area contributed by atoms with Crippen LogP contribution in [0.25, 0.3) is 0 Å². The van der Waals surface area contributed by atoms with Crippen LogP contribution in [-0.4, -0.2) is 32.2 Å². The molecule has 0 saturated heterocycles. The fourth-order valence-corrected chi connectivity index (χ4v) is 3.19. The first-order chi connectivity index (χ1) is 11.5. The normalized spacial score (nSPS) is 14.1. The van der Waals surface area contributed by atoms with Gasteiger partial charge in [-0.2, -0.15) is 5.10 Å². The number of amides is 1. The number of aryl methyl sites for hydroxylation is 1. The van der Waals surface area contributed by atoms with Gasteiger partial charge in [-0.1, -0.05) is 34.5 Å². The van der Waals surface area contributed by atoms with Gasteiger partial charge >= 0.3 is 5.69 Å². The van der Waals surface area contributed by atoms with Crippen molar-refractivity contribution in [3.8, 4) is 0 Å². The third kappa shape index (κ3) is 3.77. The van der Waals surface area contributed by atoms with Gasteiger partial charge in [0.1, 0.15) is 12.4 Å². The van der Waals surface area contributed by atoms with Crippen LogP contribution in [0.4, 0.5) is 0 Å². The summed E-state index contributed by atoms with van der Waals surface area (Å²) in [7, 11) is 1.75. The molecule has 0 bridgehead atoms. The van der Waals surface area contributed by atoms with Gasteiger partial charge in [-0.05, 0) is 30.5 Å². The Kier molecular flexibility index (Phi) is 5.18. The topological polar surface area (TPSA) is 60.1 Å². The molecule has 0 fully saturated rings. The van der Waals surface area contributed by atoms with Crippen LogP contribution < -0.4 is 5.69 Å². The number of carbonyl (C=O) groups is 1. The lowest BCUT2D eigenvalue weighted by Gasteiger charge is -2.17. The maximum Gasteiger partial charge on any atom is 0.346 e. The third-order valence-corrected chi connectivity index (χ3v) is 4.85. The predicted molar refractivity (Wildman–Crippen MR) is 94.7 cm³/mol. The van der Waals surface area contributed by atoms with Crippen molar-refractivity contribution in [2.75, 3.05) is 7.05 Å². The van der Waals surface area contributed by atoms with Gasteiger partial charge in [0.2, 0.25) is 5.91 Å². The Morgan fingerprint density at radius 3 is 2.75 bits per heavy atom. The van der Waals surface area contributed by atoms with Gasteiger partial charge in [0.05, 0.1) is 0 Å². The lowest BCUT2D eigenvalue weighted by atomic mass is 10.2. The molecule has 2 heterocycles. The smallest absolute Gasteiger partial charge is 0.340 e. The van der Waals surface area contributed by atoms with Gasteiger partial charge in [0.25, 0.3) is 0 Å². The van der Waals surface area contributed by atoms with E-state index in [0.29, 0.717) is 13.1 Å². The molecule has 0 spiro atoms. The molecular formula is C17H21BrN4O2. The molecule has 1 aliphatic rings. The average molecular weight is 393 g/mol. The van der Waals surface area contributed by atoms with E-state index in [9.17, 15) is 9.59 Å². The van der Waals surface area contributed by atoms with Crippen molar-refractivity contribution >= 4 is 21.8 Å². The highest BCUT2D eigenvalue weighted by Crippen LogP contribution is 2.12. The van der Waals surface area contributed by atoms with E-state index in [0.717, 1.165) is 41.5 Å². The van der Waals surface area contributed by atoms with Gasteiger partial charge in [-0.3, -0.25) is 9.36 Å². The van der Waals surface area contributed by atoms with Crippen molar-refractivity contribution in [1.82, 2.24) is 19.2 Å². The van der Waals surface area contributed by atoms with Gasteiger partial charge in [0.15, 0.2) is 0 Å². The average Bonchev–Trinajstić information content (AvgIpc) is 2.74. The van der Waals surface area contributed by atoms with Crippen LogP contribution in [0.5, 0.6) is 0 Å². The highest BCUT2D eigenvalue weighted by atomic mass is 79.9. The number of nitrogens with zero attached hydrogens (tertiary/aromatic N) is 4. The van der Waals surface area contributed by atoms with Crippen molar-refractivity contribution in [3.05, 3.63) is 50.6 Å². The first kappa shape index (κ1) is 17.0. The standard InChI is InChI=1S/C17H21BrN4O2/c1-20(11-13-6-8-14(18)9-7-13)16(23)12-22-17(24)21-10-4-2-3-5-15(21)19-22/h6-9H,2-5,10-12H2,1H3. The molecule has 6 nitrogen and oxygen atoms in total. The summed E-state index contributed by atoms with van der Waals surface area (Å²) in [5, 5.41) is 4.36. The molecule has 1 aliphatic heterocycles. The first-order valence-corrected chi connectivity index (χ1v) is 8.99. The van der Waals surface area contributed by atoms with E-state index in [1.165, 1.54) is 4.68 Å². The molecule has 0 aliphatic carbocycles. The van der Waals surface area contributed by atoms with Crippen molar-refractivity contribution in [2.24, 2.45) is 0 Å². The monoisotopic (exact) mass is 392 g/mol. The number of hydrogen-bond donors (Lipinski definition) is 0. The molecular weight excluding hydrogens is 372 g/mol. The number of likely N-dealkylation sites (N-methyl/N-ethyl adjacent to an activating group) is 1. The molecule has 1 aromatic heterocycles. The van der Waals surface area contributed by atoms with Crippen LogP contribution >= 0.6 is 15.9 Å². The van der Waals surface area contributed by atoms with E-state index in [1.54, 1.807) is 16.5 Å². The molecule has 24 heavy (non-hydrogen) atoms. The number of fused-ring (bicyclic) bond motifs is 1. The second-order valence-electron chi connectivity index (χ2n) is 6.20. The van der Waals surface area contributed by atoms with Gasteiger partial charge < -0.3 is 4.90 Å². The summed E-state index contributed by atoms with van der Waals surface area (Å²) in [6.45, 7) is 1.21. The van der Waals surface area contributed by atoms with E-state index >= 15 is 0 Å². The highest BCUT2D eigenvalue weighted by Gasteiger charge is 2.18. The van der Waals surface area contributed by atoms with Gasteiger partial charge in [0, 0.05) is 31.0 Å². The van der Waals surface area contributed by atoms with Crippen LogP contribution in [0, 0.1) is 0 Å². The summed E-state index contributed by atoms with van der Waals surface area (Å²) < 4.78 is 4.03. The molecule has 1 amide bonds. The van der Waals surface area contributed by atoms with Crippen LogP contribution in [0.1, 0.15) is 30.7 Å².